The first-order chi connectivity index (χ1) is 25.9. The fraction of sp³-hybridized carbons (Fsp3) is 0.767. The molecule has 0 aliphatic carbocycles. The Bertz CT molecular complexity index is 1080. The van der Waals surface area contributed by atoms with Gasteiger partial charge in [0.25, 0.3) is 0 Å². The molecule has 0 radical (unpaired) electrons. The normalized spacial score (nSPS) is 14.7. The highest BCUT2D eigenvalue weighted by atomic mass is 31.2. The molecule has 0 aromatic heterocycles. The van der Waals surface area contributed by atoms with Gasteiger partial charge in [-0.1, -0.05) is 152 Å². The quantitative estimate of drug-likeness (QED) is 0.0158. The van der Waals surface area contributed by atoms with Gasteiger partial charge >= 0.3 is 19.8 Å². The Hall–Kier alpha value is -2.07. The van der Waals surface area contributed by atoms with Crippen molar-refractivity contribution < 1.29 is 47.2 Å². The van der Waals surface area contributed by atoms with Gasteiger partial charge in [-0.2, -0.15) is 0 Å². The zero-order chi connectivity index (χ0) is 40.2. The van der Waals surface area contributed by atoms with Gasteiger partial charge < -0.3 is 24.0 Å². The Morgan fingerprint density at radius 3 is 1.85 bits per heavy atom. The minimum absolute atomic E-state index is 0.0152. The summed E-state index contributed by atoms with van der Waals surface area (Å²) in [7, 11) is 1.42. The number of allylic oxidation sites excluding steroid dienone is 7. The van der Waals surface area contributed by atoms with Crippen molar-refractivity contribution in [3.8, 4) is 0 Å². The second-order valence-corrected chi connectivity index (χ2v) is 16.7. The second-order valence-electron chi connectivity index (χ2n) is 15.2. The number of quaternary nitrogens is 1. The molecule has 0 heterocycles. The summed E-state index contributed by atoms with van der Waals surface area (Å²) in [6, 6.07) is 0. The molecule has 0 bridgehead atoms. The van der Waals surface area contributed by atoms with Crippen LogP contribution in [0, 0.1) is 0 Å². The molecule has 3 atom stereocenters. The monoisotopic (exact) mass is 785 g/mol. The Morgan fingerprint density at radius 2 is 1.22 bits per heavy atom. The van der Waals surface area contributed by atoms with Crippen molar-refractivity contribution in [2.75, 3.05) is 47.5 Å². The lowest BCUT2D eigenvalue weighted by molar-refractivity contribution is -0.870. The molecule has 314 valence electrons. The Kier molecular flexibility index (Phi) is 34.0. The van der Waals surface area contributed by atoms with E-state index in [-0.39, 0.29) is 32.2 Å². The number of likely N-dealkylation sites (N-methyl/N-ethyl adjacent to an activating group) is 1. The topological polar surface area (TPSA) is 129 Å². The van der Waals surface area contributed by atoms with E-state index >= 15 is 0 Å². The number of unbranched alkanes of at least 4 members (excludes halogenated alkanes) is 14. The van der Waals surface area contributed by atoms with E-state index in [1.54, 1.807) is 0 Å². The van der Waals surface area contributed by atoms with Gasteiger partial charge in [0, 0.05) is 12.8 Å². The summed E-state index contributed by atoms with van der Waals surface area (Å²) in [5, 5.41) is 9.89. The van der Waals surface area contributed by atoms with E-state index in [2.05, 4.69) is 32.1 Å². The maximum absolute atomic E-state index is 12.6. The van der Waals surface area contributed by atoms with Crippen LogP contribution in [0.1, 0.15) is 155 Å². The average molecular weight is 785 g/mol. The second kappa shape index (κ2) is 35.4. The summed E-state index contributed by atoms with van der Waals surface area (Å²) in [4.78, 5) is 35.2. The summed E-state index contributed by atoms with van der Waals surface area (Å²) in [6.07, 6.45) is 36.3. The van der Waals surface area contributed by atoms with E-state index in [0.717, 1.165) is 57.8 Å². The third-order valence-corrected chi connectivity index (χ3v) is 9.70. The molecule has 1 unspecified atom stereocenters. The maximum Gasteiger partial charge on any atom is 0.472 e. The number of esters is 2. The van der Waals surface area contributed by atoms with Gasteiger partial charge in [-0.15, -0.1) is 0 Å². The zero-order valence-corrected chi connectivity index (χ0v) is 35.7. The molecule has 54 heavy (non-hydrogen) atoms. The standard InChI is InChI=1S/C43H78NO9P/c1-6-8-10-11-12-13-14-17-21-24-27-31-35-43(47)53-41(39-52-54(48,49)51-37-36-44(3,4)5)38-50-42(46)34-30-26-23-20-18-15-16-19-22-25-29-33-40(45)32-28-9-7-2/h15-16,20,22-23,25,29,33,40-41,45H,6-14,17-19,21,24,26-28,30-32,34-39H2,1-5H3/p+1/b16-15-,23-20-,25-22-,33-29+/t40-,41-/m1/s1. The number of ether oxygens (including phenoxy) is 2. The highest BCUT2D eigenvalue weighted by molar-refractivity contribution is 7.47. The molecule has 0 amide bonds. The average Bonchev–Trinajstić information content (AvgIpc) is 3.11. The van der Waals surface area contributed by atoms with Crippen molar-refractivity contribution in [3.63, 3.8) is 0 Å². The van der Waals surface area contributed by atoms with Gasteiger partial charge in [-0.25, -0.2) is 4.57 Å². The highest BCUT2D eigenvalue weighted by Crippen LogP contribution is 2.43. The summed E-state index contributed by atoms with van der Waals surface area (Å²) in [5.74, 6) is -0.892. The van der Waals surface area contributed by atoms with E-state index in [4.69, 9.17) is 18.5 Å². The Labute approximate surface area is 329 Å². The van der Waals surface area contributed by atoms with E-state index in [9.17, 15) is 24.2 Å². The molecule has 0 aliphatic heterocycles. The number of phosphoric ester groups is 1. The number of phosphoric acid groups is 1. The molecule has 10 nitrogen and oxygen atoms in total. The maximum atomic E-state index is 12.6. The number of hydrogen-bond acceptors (Lipinski definition) is 8. The molecule has 11 heteroatoms. The van der Waals surface area contributed by atoms with Crippen LogP contribution in [0.5, 0.6) is 0 Å². The third kappa shape index (κ3) is 38.2. The first-order valence-corrected chi connectivity index (χ1v) is 22.5. The number of rotatable bonds is 37. The summed E-state index contributed by atoms with van der Waals surface area (Å²) < 4.78 is 34.1. The number of nitrogens with zero attached hydrogens (tertiary/aromatic N) is 1. The van der Waals surface area contributed by atoms with Crippen LogP contribution in [0.2, 0.25) is 0 Å². The fourth-order valence-electron chi connectivity index (χ4n) is 5.35. The molecular weight excluding hydrogens is 705 g/mol. The number of carbonyl (C=O) groups is 2. The lowest BCUT2D eigenvalue weighted by Crippen LogP contribution is -2.37. The predicted octanol–water partition coefficient (Wildman–Crippen LogP) is 10.5. The van der Waals surface area contributed by atoms with Crippen LogP contribution in [-0.2, 0) is 32.7 Å². The van der Waals surface area contributed by atoms with Gasteiger partial charge in [-0.05, 0) is 38.5 Å². The number of hydrogen-bond donors (Lipinski definition) is 2. The van der Waals surface area contributed by atoms with Gasteiger partial charge in [0.1, 0.15) is 19.8 Å². The lowest BCUT2D eigenvalue weighted by Gasteiger charge is -2.24. The van der Waals surface area contributed by atoms with Crippen molar-refractivity contribution >= 4 is 19.8 Å². The van der Waals surface area contributed by atoms with E-state index in [1.807, 2.05) is 51.5 Å². The highest BCUT2D eigenvalue weighted by Gasteiger charge is 2.27. The van der Waals surface area contributed by atoms with Crippen molar-refractivity contribution in [1.82, 2.24) is 0 Å². The largest absolute Gasteiger partial charge is 0.472 e. The van der Waals surface area contributed by atoms with Gasteiger partial charge in [0.05, 0.1) is 33.9 Å². The van der Waals surface area contributed by atoms with Crippen LogP contribution in [0.4, 0.5) is 0 Å². The van der Waals surface area contributed by atoms with Crippen LogP contribution in [0.25, 0.3) is 0 Å². The van der Waals surface area contributed by atoms with Crippen LogP contribution in [0.3, 0.4) is 0 Å². The predicted molar refractivity (Wildman–Crippen MR) is 221 cm³/mol. The molecule has 0 rings (SSSR count). The smallest absolute Gasteiger partial charge is 0.462 e. The molecule has 0 saturated heterocycles. The third-order valence-electron chi connectivity index (χ3n) is 8.72. The first kappa shape index (κ1) is 51.9. The van der Waals surface area contributed by atoms with Gasteiger partial charge in [0.15, 0.2) is 6.10 Å². The number of aliphatic hydroxyl groups is 1. The van der Waals surface area contributed by atoms with Gasteiger partial charge in [0.2, 0.25) is 0 Å². The van der Waals surface area contributed by atoms with Crippen molar-refractivity contribution in [3.05, 3.63) is 48.6 Å². The van der Waals surface area contributed by atoms with Crippen molar-refractivity contribution in [2.45, 2.75) is 167 Å². The molecule has 2 N–H and O–H groups in total. The van der Waals surface area contributed by atoms with Gasteiger partial charge in [-0.3, -0.25) is 18.6 Å². The molecule has 0 saturated carbocycles. The Balaban J connectivity index is 4.52. The lowest BCUT2D eigenvalue weighted by atomic mass is 10.0. The number of carbonyl (C=O) groups excluding carboxylic acids is 2. The molecule has 0 aromatic rings. The van der Waals surface area contributed by atoms with E-state index in [0.29, 0.717) is 30.3 Å². The number of aliphatic hydroxyl groups excluding tert-OH is 1. The first-order valence-electron chi connectivity index (χ1n) is 21.0. The molecule has 0 fully saturated rings. The van der Waals surface area contributed by atoms with E-state index < -0.39 is 32.5 Å². The van der Waals surface area contributed by atoms with Crippen LogP contribution in [-0.4, -0.2) is 86.1 Å². The zero-order valence-electron chi connectivity index (χ0n) is 34.8. The van der Waals surface area contributed by atoms with E-state index in [1.165, 1.54) is 51.4 Å². The SMILES string of the molecule is CCCCCCCCCCCCCCC(=O)O[C@H](COC(=O)CCC/C=C\C/C=C\C/C=C\C=C\[C@H](O)CCCCC)COP(=O)(O)OCC[N+](C)(C)C. The molecular formula is C43H79NO9P+. The summed E-state index contributed by atoms with van der Waals surface area (Å²) in [5.41, 5.74) is 0. The Morgan fingerprint density at radius 1 is 0.667 bits per heavy atom. The summed E-state index contributed by atoms with van der Waals surface area (Å²) >= 11 is 0. The molecule has 0 spiro atoms. The van der Waals surface area contributed by atoms with Crippen molar-refractivity contribution in [1.29, 1.82) is 0 Å². The van der Waals surface area contributed by atoms with Crippen molar-refractivity contribution in [2.24, 2.45) is 0 Å². The minimum Gasteiger partial charge on any atom is -0.462 e. The van der Waals surface area contributed by atoms with Crippen LogP contribution < -0.4 is 0 Å². The molecule has 0 aliphatic rings. The van der Waals surface area contributed by atoms with Crippen LogP contribution >= 0.6 is 7.82 Å². The van der Waals surface area contributed by atoms with Crippen LogP contribution in [0.15, 0.2) is 48.6 Å². The fourth-order valence-corrected chi connectivity index (χ4v) is 6.09. The minimum atomic E-state index is -4.39. The summed E-state index contributed by atoms with van der Waals surface area (Å²) in [6.45, 7) is 4.20. The molecule has 0 aromatic carbocycles.